The lowest BCUT2D eigenvalue weighted by Gasteiger charge is -2.07. The van der Waals surface area contributed by atoms with E-state index in [2.05, 4.69) is 0 Å². The van der Waals surface area contributed by atoms with Crippen LogP contribution in [-0.4, -0.2) is 21.7 Å². The van der Waals surface area contributed by atoms with Crippen molar-refractivity contribution in [1.29, 1.82) is 0 Å². The second kappa shape index (κ2) is 4.34. The Balaban J connectivity index is 2.58. The van der Waals surface area contributed by atoms with Crippen LogP contribution in [0, 0.1) is 6.92 Å². The summed E-state index contributed by atoms with van der Waals surface area (Å²) in [5, 5.41) is 9.89. The van der Waals surface area contributed by atoms with Gasteiger partial charge in [0.05, 0.1) is 0 Å². The summed E-state index contributed by atoms with van der Waals surface area (Å²) in [6, 6.07) is 4.75. The van der Waals surface area contributed by atoms with Crippen LogP contribution in [0.4, 0.5) is 5.69 Å². The number of carboxylic acids is 1. The van der Waals surface area contributed by atoms with Gasteiger partial charge in [0, 0.05) is 35.8 Å². The van der Waals surface area contributed by atoms with Gasteiger partial charge in [-0.1, -0.05) is 0 Å². The predicted octanol–water partition coefficient (Wildman–Crippen LogP) is 1.02. The van der Waals surface area contributed by atoms with E-state index in [1.54, 1.807) is 0 Å². The Morgan fingerprint density at radius 2 is 2.17 bits per heavy atom. The van der Waals surface area contributed by atoms with Gasteiger partial charge in [0.2, 0.25) is 0 Å². The highest BCUT2D eigenvalue weighted by atomic mass is 16.4. The monoisotopic (exact) mass is 247 g/mol. The number of hydrogen-bond acceptors (Lipinski definition) is 3. The van der Waals surface area contributed by atoms with Crippen LogP contribution >= 0.6 is 0 Å². The first-order chi connectivity index (χ1) is 8.41. The number of aromatic nitrogens is 1. The van der Waals surface area contributed by atoms with Crippen molar-refractivity contribution >= 4 is 22.6 Å². The minimum absolute atomic E-state index is 0.307. The number of nitrogens with two attached hydrogens (primary N) is 2. The van der Waals surface area contributed by atoms with E-state index in [0.29, 0.717) is 12.1 Å². The molecule has 1 heterocycles. The van der Waals surface area contributed by atoms with Crippen LogP contribution in [0.2, 0.25) is 0 Å². The van der Waals surface area contributed by atoms with Gasteiger partial charge >= 0.3 is 5.97 Å². The Morgan fingerprint density at radius 3 is 2.78 bits per heavy atom. The third-order valence-corrected chi connectivity index (χ3v) is 3.39. The van der Waals surface area contributed by atoms with E-state index in [1.165, 1.54) is 0 Å². The van der Waals surface area contributed by atoms with Crippen LogP contribution < -0.4 is 11.5 Å². The zero-order valence-electron chi connectivity index (χ0n) is 10.5. The molecule has 96 valence electrons. The number of hydrogen-bond donors (Lipinski definition) is 3. The van der Waals surface area contributed by atoms with Crippen LogP contribution in [-0.2, 0) is 18.3 Å². The highest BCUT2D eigenvalue weighted by Crippen LogP contribution is 2.27. The van der Waals surface area contributed by atoms with Gasteiger partial charge < -0.3 is 21.1 Å². The van der Waals surface area contributed by atoms with E-state index in [1.807, 2.05) is 36.7 Å². The van der Waals surface area contributed by atoms with Gasteiger partial charge in [-0.05, 0) is 30.7 Å². The van der Waals surface area contributed by atoms with Gasteiger partial charge in [-0.25, -0.2) is 0 Å². The number of fused-ring (bicyclic) bond motifs is 1. The first kappa shape index (κ1) is 12.4. The van der Waals surface area contributed by atoms with Gasteiger partial charge in [0.1, 0.15) is 6.04 Å². The smallest absolute Gasteiger partial charge is 0.320 e. The summed E-state index contributed by atoms with van der Waals surface area (Å²) in [5.41, 5.74) is 15.1. The maximum atomic E-state index is 10.9. The zero-order chi connectivity index (χ0) is 13.4. The minimum Gasteiger partial charge on any atom is -0.480 e. The van der Waals surface area contributed by atoms with Crippen molar-refractivity contribution in [3.05, 3.63) is 29.5 Å². The molecule has 0 aliphatic rings. The molecule has 1 unspecified atom stereocenters. The fourth-order valence-corrected chi connectivity index (χ4v) is 2.23. The molecule has 2 aromatic rings. The third-order valence-electron chi connectivity index (χ3n) is 3.39. The molecule has 5 heteroatoms. The fourth-order valence-electron chi connectivity index (χ4n) is 2.23. The Bertz CT molecular complexity index is 616. The number of rotatable bonds is 3. The highest BCUT2D eigenvalue weighted by molar-refractivity contribution is 5.89. The molecule has 0 saturated heterocycles. The number of carbonyl (C=O) groups is 1. The number of carboxylic acid groups (broad SMARTS) is 1. The van der Waals surface area contributed by atoms with Gasteiger partial charge in [-0.3, -0.25) is 4.79 Å². The molecule has 0 aliphatic carbocycles. The summed E-state index contributed by atoms with van der Waals surface area (Å²) in [6.07, 6.45) is 0.307. The lowest BCUT2D eigenvalue weighted by molar-refractivity contribution is -0.138. The van der Waals surface area contributed by atoms with E-state index in [0.717, 1.165) is 22.2 Å². The average molecular weight is 247 g/mol. The summed E-state index contributed by atoms with van der Waals surface area (Å²) in [5.74, 6) is -0.990. The Hall–Kier alpha value is -2.01. The molecule has 5 N–H and O–H groups in total. The largest absolute Gasteiger partial charge is 0.480 e. The van der Waals surface area contributed by atoms with Crippen LogP contribution in [0.5, 0.6) is 0 Å². The molecule has 0 saturated carbocycles. The predicted molar refractivity (Wildman–Crippen MR) is 71.4 cm³/mol. The molecular formula is C13H17N3O2. The van der Waals surface area contributed by atoms with Crippen LogP contribution in [0.25, 0.3) is 10.9 Å². The van der Waals surface area contributed by atoms with E-state index < -0.39 is 12.0 Å². The van der Waals surface area contributed by atoms with Gasteiger partial charge in [0.15, 0.2) is 0 Å². The standard InChI is InChI=1S/C13H17N3O2/c1-7-9(6-11(15)13(17)18)10-5-8(14)3-4-12(10)16(7)2/h3-5,11H,6,14-15H2,1-2H3,(H,17,18). The quantitative estimate of drug-likeness (QED) is 0.706. The molecule has 0 spiro atoms. The summed E-state index contributed by atoms with van der Waals surface area (Å²) in [7, 11) is 1.95. The van der Waals surface area contributed by atoms with Crippen molar-refractivity contribution in [3.63, 3.8) is 0 Å². The summed E-state index contributed by atoms with van der Waals surface area (Å²) in [4.78, 5) is 10.9. The Morgan fingerprint density at radius 1 is 1.50 bits per heavy atom. The Kier molecular flexibility index (Phi) is 3.00. The maximum absolute atomic E-state index is 10.9. The molecule has 1 atom stereocenters. The number of benzene rings is 1. The van der Waals surface area contributed by atoms with Crippen LogP contribution in [0.15, 0.2) is 18.2 Å². The molecule has 0 amide bonds. The second-order valence-corrected chi connectivity index (χ2v) is 4.55. The lowest BCUT2D eigenvalue weighted by atomic mass is 10.0. The molecule has 2 rings (SSSR count). The average Bonchev–Trinajstić information content (AvgIpc) is 2.54. The number of aliphatic carboxylic acids is 1. The molecule has 0 fully saturated rings. The van der Waals surface area contributed by atoms with E-state index in [9.17, 15) is 4.79 Å². The molecular weight excluding hydrogens is 230 g/mol. The second-order valence-electron chi connectivity index (χ2n) is 4.55. The normalized spacial score (nSPS) is 12.8. The van der Waals surface area contributed by atoms with E-state index >= 15 is 0 Å². The number of nitrogens with zero attached hydrogens (tertiary/aromatic N) is 1. The molecule has 18 heavy (non-hydrogen) atoms. The number of nitrogen functional groups attached to an aromatic ring is 1. The van der Waals surface area contributed by atoms with Crippen molar-refractivity contribution in [1.82, 2.24) is 4.57 Å². The lowest BCUT2D eigenvalue weighted by Crippen LogP contribution is -2.32. The first-order valence-electron chi connectivity index (χ1n) is 5.73. The summed E-state index contributed by atoms with van der Waals surface area (Å²) in [6.45, 7) is 1.96. The summed E-state index contributed by atoms with van der Waals surface area (Å²) < 4.78 is 2.03. The van der Waals surface area contributed by atoms with Gasteiger partial charge in [-0.15, -0.1) is 0 Å². The van der Waals surface area contributed by atoms with Crippen molar-refractivity contribution < 1.29 is 9.90 Å². The number of anilines is 1. The molecule has 5 nitrogen and oxygen atoms in total. The zero-order valence-corrected chi connectivity index (χ0v) is 10.5. The van der Waals surface area contributed by atoms with E-state index in [-0.39, 0.29) is 0 Å². The van der Waals surface area contributed by atoms with Crippen LogP contribution in [0.3, 0.4) is 0 Å². The van der Waals surface area contributed by atoms with Crippen molar-refractivity contribution in [2.75, 3.05) is 5.73 Å². The third kappa shape index (κ3) is 1.93. The van der Waals surface area contributed by atoms with Crippen molar-refractivity contribution in [2.45, 2.75) is 19.4 Å². The molecule has 1 aromatic heterocycles. The van der Waals surface area contributed by atoms with E-state index in [4.69, 9.17) is 16.6 Å². The topological polar surface area (TPSA) is 94.3 Å². The first-order valence-corrected chi connectivity index (χ1v) is 5.73. The molecule has 0 radical (unpaired) electrons. The minimum atomic E-state index is -0.990. The molecule has 1 aromatic carbocycles. The molecule has 0 aliphatic heterocycles. The van der Waals surface area contributed by atoms with Crippen molar-refractivity contribution in [3.8, 4) is 0 Å². The van der Waals surface area contributed by atoms with Gasteiger partial charge in [0.25, 0.3) is 0 Å². The summed E-state index contributed by atoms with van der Waals surface area (Å²) >= 11 is 0. The van der Waals surface area contributed by atoms with Crippen LogP contribution in [0.1, 0.15) is 11.3 Å². The fraction of sp³-hybridized carbons (Fsp3) is 0.308. The highest BCUT2D eigenvalue weighted by Gasteiger charge is 2.18. The van der Waals surface area contributed by atoms with Crippen molar-refractivity contribution in [2.24, 2.45) is 12.8 Å². The number of aryl methyl sites for hydroxylation is 1. The van der Waals surface area contributed by atoms with Gasteiger partial charge in [-0.2, -0.15) is 0 Å². The SMILES string of the molecule is Cc1c(CC(N)C(=O)O)c2cc(N)ccc2n1C. The molecule has 0 bridgehead atoms. The Labute approximate surface area is 105 Å². The maximum Gasteiger partial charge on any atom is 0.320 e.